The van der Waals surface area contributed by atoms with E-state index in [0.29, 0.717) is 11.4 Å². The summed E-state index contributed by atoms with van der Waals surface area (Å²) in [6.45, 7) is 6.49. The fraction of sp³-hybridized carbons (Fsp3) is 0.500. The monoisotopic (exact) mass is 240 g/mol. The second-order valence-corrected chi connectivity index (χ2v) is 5.31. The number of nitrogens with two attached hydrogens (primary N) is 1. The van der Waals surface area contributed by atoms with Gasteiger partial charge in [0.05, 0.1) is 18.5 Å². The zero-order chi connectivity index (χ0) is 12.3. The van der Waals surface area contributed by atoms with Crippen molar-refractivity contribution in [2.75, 3.05) is 23.8 Å². The number of benzene rings is 1. The summed E-state index contributed by atoms with van der Waals surface area (Å²) in [5, 5.41) is 0. The smallest absolute Gasteiger partial charge is 0.165 e. The van der Waals surface area contributed by atoms with E-state index >= 15 is 0 Å². The standard InChI is InChI=1S/C12H20N2OS/c1-12(2,3)8-6-9(13)11(15-4)10(7-8)14-16-5/h6-7,14H,13H2,1-5H3. The first-order valence-corrected chi connectivity index (χ1v) is 6.39. The Morgan fingerprint density at radius 1 is 1.31 bits per heavy atom. The molecule has 0 aliphatic carbocycles. The molecule has 90 valence electrons. The predicted molar refractivity (Wildman–Crippen MR) is 73.2 cm³/mol. The molecule has 0 radical (unpaired) electrons. The van der Waals surface area contributed by atoms with Crippen LogP contribution in [0.25, 0.3) is 0 Å². The zero-order valence-electron chi connectivity index (χ0n) is 10.5. The highest BCUT2D eigenvalue weighted by Crippen LogP contribution is 2.37. The largest absolute Gasteiger partial charge is 0.492 e. The second-order valence-electron chi connectivity index (χ2n) is 4.70. The number of nitrogens with one attached hydrogen (secondary N) is 1. The number of rotatable bonds is 3. The van der Waals surface area contributed by atoms with Crippen LogP contribution in [-0.2, 0) is 5.41 Å². The van der Waals surface area contributed by atoms with Crippen LogP contribution in [0, 0.1) is 0 Å². The van der Waals surface area contributed by atoms with Gasteiger partial charge in [0.15, 0.2) is 5.75 Å². The summed E-state index contributed by atoms with van der Waals surface area (Å²) in [6.07, 6.45) is 1.97. The molecule has 1 aromatic rings. The van der Waals surface area contributed by atoms with Crippen LogP contribution in [0.15, 0.2) is 12.1 Å². The lowest BCUT2D eigenvalue weighted by Crippen LogP contribution is -2.12. The minimum Gasteiger partial charge on any atom is -0.492 e. The molecule has 0 heterocycles. The fourth-order valence-electron chi connectivity index (χ4n) is 1.50. The van der Waals surface area contributed by atoms with Gasteiger partial charge in [0.25, 0.3) is 0 Å². The molecule has 1 rings (SSSR count). The predicted octanol–water partition coefficient (Wildman–Crippen LogP) is 3.26. The van der Waals surface area contributed by atoms with E-state index in [-0.39, 0.29) is 5.41 Å². The third kappa shape index (κ3) is 2.76. The molecular weight excluding hydrogens is 220 g/mol. The molecule has 0 saturated heterocycles. The van der Waals surface area contributed by atoms with E-state index in [1.807, 2.05) is 12.3 Å². The molecule has 0 atom stereocenters. The van der Waals surface area contributed by atoms with Crippen LogP contribution in [0.4, 0.5) is 11.4 Å². The van der Waals surface area contributed by atoms with Crippen molar-refractivity contribution in [2.45, 2.75) is 26.2 Å². The van der Waals surface area contributed by atoms with E-state index in [9.17, 15) is 0 Å². The number of nitrogen functional groups attached to an aromatic ring is 1. The van der Waals surface area contributed by atoms with E-state index in [1.165, 1.54) is 17.5 Å². The number of hydrogen-bond acceptors (Lipinski definition) is 4. The Morgan fingerprint density at radius 2 is 1.94 bits per heavy atom. The van der Waals surface area contributed by atoms with Crippen molar-refractivity contribution in [2.24, 2.45) is 0 Å². The first-order valence-electron chi connectivity index (χ1n) is 5.17. The highest BCUT2D eigenvalue weighted by molar-refractivity contribution is 7.99. The van der Waals surface area contributed by atoms with Crippen molar-refractivity contribution in [3.05, 3.63) is 17.7 Å². The number of ether oxygens (including phenoxy) is 1. The molecule has 3 N–H and O–H groups in total. The highest BCUT2D eigenvalue weighted by atomic mass is 32.2. The van der Waals surface area contributed by atoms with Crippen LogP contribution < -0.4 is 15.2 Å². The lowest BCUT2D eigenvalue weighted by Gasteiger charge is -2.22. The first kappa shape index (κ1) is 13.0. The van der Waals surface area contributed by atoms with Crippen molar-refractivity contribution in [3.63, 3.8) is 0 Å². The van der Waals surface area contributed by atoms with Gasteiger partial charge in [-0.25, -0.2) is 0 Å². The number of anilines is 2. The molecule has 0 spiro atoms. The molecule has 16 heavy (non-hydrogen) atoms. The van der Waals surface area contributed by atoms with Crippen molar-refractivity contribution in [1.29, 1.82) is 0 Å². The van der Waals surface area contributed by atoms with E-state index in [1.54, 1.807) is 7.11 Å². The minimum absolute atomic E-state index is 0.0786. The van der Waals surface area contributed by atoms with Gasteiger partial charge >= 0.3 is 0 Å². The van der Waals surface area contributed by atoms with Gasteiger partial charge < -0.3 is 15.2 Å². The highest BCUT2D eigenvalue weighted by Gasteiger charge is 2.18. The summed E-state index contributed by atoms with van der Waals surface area (Å²) in [6, 6.07) is 4.07. The molecule has 0 aliphatic rings. The Morgan fingerprint density at radius 3 is 2.38 bits per heavy atom. The normalized spacial score (nSPS) is 11.3. The molecule has 0 aliphatic heterocycles. The van der Waals surface area contributed by atoms with Crippen molar-refractivity contribution in [1.82, 2.24) is 0 Å². The molecule has 0 fully saturated rings. The Bertz CT molecular complexity index is 372. The molecule has 0 unspecified atom stereocenters. The van der Waals surface area contributed by atoms with Crippen LogP contribution in [0.1, 0.15) is 26.3 Å². The van der Waals surface area contributed by atoms with Crippen molar-refractivity contribution in [3.8, 4) is 5.75 Å². The van der Waals surface area contributed by atoms with E-state index in [2.05, 4.69) is 31.6 Å². The second kappa shape index (κ2) is 4.87. The van der Waals surface area contributed by atoms with Gasteiger partial charge in [-0.05, 0) is 23.1 Å². The lowest BCUT2D eigenvalue weighted by molar-refractivity contribution is 0.418. The molecule has 4 heteroatoms. The van der Waals surface area contributed by atoms with Crippen LogP contribution in [0.3, 0.4) is 0 Å². The minimum atomic E-state index is 0.0786. The van der Waals surface area contributed by atoms with Gasteiger partial charge in [0.1, 0.15) is 0 Å². The van der Waals surface area contributed by atoms with Crippen LogP contribution in [0.2, 0.25) is 0 Å². The number of hydrogen-bond donors (Lipinski definition) is 2. The maximum Gasteiger partial charge on any atom is 0.165 e. The molecule has 3 nitrogen and oxygen atoms in total. The molecule has 0 aromatic heterocycles. The van der Waals surface area contributed by atoms with Crippen LogP contribution in [-0.4, -0.2) is 13.4 Å². The Kier molecular flexibility index (Phi) is 3.97. The van der Waals surface area contributed by atoms with Crippen LogP contribution >= 0.6 is 11.9 Å². The van der Waals surface area contributed by atoms with Gasteiger partial charge in [-0.15, -0.1) is 0 Å². The molecule has 0 saturated carbocycles. The summed E-state index contributed by atoms with van der Waals surface area (Å²) in [5.74, 6) is 0.711. The summed E-state index contributed by atoms with van der Waals surface area (Å²) < 4.78 is 8.49. The van der Waals surface area contributed by atoms with Gasteiger partial charge in [0.2, 0.25) is 0 Å². The Balaban J connectivity index is 3.28. The topological polar surface area (TPSA) is 47.3 Å². The van der Waals surface area contributed by atoms with Gasteiger partial charge in [-0.1, -0.05) is 32.7 Å². The summed E-state index contributed by atoms with van der Waals surface area (Å²) in [7, 11) is 1.63. The van der Waals surface area contributed by atoms with Crippen molar-refractivity contribution < 1.29 is 4.74 Å². The van der Waals surface area contributed by atoms with E-state index in [4.69, 9.17) is 10.5 Å². The van der Waals surface area contributed by atoms with Crippen LogP contribution in [0.5, 0.6) is 5.75 Å². The fourth-order valence-corrected chi connectivity index (χ4v) is 1.87. The average molecular weight is 240 g/mol. The maximum atomic E-state index is 5.99. The molecule has 0 amide bonds. The maximum absolute atomic E-state index is 5.99. The van der Waals surface area contributed by atoms with Gasteiger partial charge in [0, 0.05) is 6.26 Å². The summed E-state index contributed by atoms with van der Waals surface area (Å²) in [4.78, 5) is 0. The number of methoxy groups -OCH3 is 1. The summed E-state index contributed by atoms with van der Waals surface area (Å²) in [5.41, 5.74) is 8.86. The zero-order valence-corrected chi connectivity index (χ0v) is 11.4. The van der Waals surface area contributed by atoms with E-state index < -0.39 is 0 Å². The quantitative estimate of drug-likeness (QED) is 0.629. The molecular formula is C12H20N2OS. The molecule has 0 bridgehead atoms. The lowest BCUT2D eigenvalue weighted by atomic mass is 9.86. The third-order valence-electron chi connectivity index (χ3n) is 2.40. The van der Waals surface area contributed by atoms with Gasteiger partial charge in [-0.2, -0.15) is 0 Å². The van der Waals surface area contributed by atoms with E-state index in [0.717, 1.165) is 5.69 Å². The third-order valence-corrected chi connectivity index (χ3v) is 2.82. The van der Waals surface area contributed by atoms with Crippen molar-refractivity contribution >= 4 is 23.3 Å². The molecule has 1 aromatic carbocycles. The SMILES string of the molecule is COc1c(N)cc(C(C)(C)C)cc1NSC. The average Bonchev–Trinajstić information content (AvgIpc) is 2.16. The Hall–Kier alpha value is -1.03. The van der Waals surface area contributed by atoms with Gasteiger partial charge in [-0.3, -0.25) is 0 Å². The Labute approximate surface area is 102 Å². The first-order chi connectivity index (χ1) is 7.40. The summed E-state index contributed by atoms with van der Waals surface area (Å²) >= 11 is 1.53.